The molecule has 4 aromatic rings. The zero-order valence-electron chi connectivity index (χ0n) is 25.8. The summed E-state index contributed by atoms with van der Waals surface area (Å²) in [4.78, 5) is 25.9. The van der Waals surface area contributed by atoms with Crippen LogP contribution in [-0.2, 0) is 24.9 Å². The van der Waals surface area contributed by atoms with Gasteiger partial charge in [-0.15, -0.1) is 0 Å². The summed E-state index contributed by atoms with van der Waals surface area (Å²) in [5.41, 5.74) is 6.48. The number of carbonyl (C=O) groups is 2. The van der Waals surface area contributed by atoms with Crippen LogP contribution in [0.25, 0.3) is 21.7 Å². The van der Waals surface area contributed by atoms with Crippen molar-refractivity contribution >= 4 is 52.8 Å². The van der Waals surface area contributed by atoms with Crippen LogP contribution < -0.4 is 10.5 Å². The molecule has 11 heteroatoms. The summed E-state index contributed by atoms with van der Waals surface area (Å²) in [5, 5.41) is 2.72. The highest BCUT2D eigenvalue weighted by molar-refractivity contribution is 7.48. The van der Waals surface area contributed by atoms with Crippen molar-refractivity contribution < 1.29 is 32.5 Å². The molecule has 1 saturated carbocycles. The highest BCUT2D eigenvalue weighted by atomic mass is 35.5. The number of nitrogens with zero attached hydrogens (tertiary/aromatic N) is 1. The Labute approximate surface area is 262 Å². The first-order valence-electron chi connectivity index (χ1n) is 14.5. The molecule has 0 bridgehead atoms. The summed E-state index contributed by atoms with van der Waals surface area (Å²) in [5.74, 6) is -0.335. The number of carbonyl (C=O) groups excluding carboxylic acids is 2. The number of primary amides is 1. The molecule has 5 rings (SSSR count). The van der Waals surface area contributed by atoms with Gasteiger partial charge in [-0.25, -0.2) is 4.57 Å². The van der Waals surface area contributed by atoms with Crippen LogP contribution in [0.2, 0.25) is 5.02 Å². The van der Waals surface area contributed by atoms with Gasteiger partial charge in [-0.05, 0) is 107 Å². The Kier molecular flexibility index (Phi) is 8.75. The topological polar surface area (TPSA) is 119 Å². The average Bonchev–Trinajstić information content (AvgIpc) is 3.69. The Bertz CT molecular complexity index is 1780. The Morgan fingerprint density at radius 1 is 0.932 bits per heavy atom. The molecular formula is C33H38ClN2O7P. The third kappa shape index (κ3) is 7.71. The van der Waals surface area contributed by atoms with Crippen molar-refractivity contribution in [2.24, 2.45) is 5.73 Å². The van der Waals surface area contributed by atoms with Crippen molar-refractivity contribution in [1.82, 2.24) is 4.57 Å². The van der Waals surface area contributed by atoms with Gasteiger partial charge in [0.15, 0.2) is 6.61 Å². The molecule has 2 N–H and O–H groups in total. The zero-order valence-corrected chi connectivity index (χ0v) is 27.5. The van der Waals surface area contributed by atoms with Crippen LogP contribution in [0.3, 0.4) is 0 Å². The Morgan fingerprint density at radius 3 is 2.23 bits per heavy atom. The van der Waals surface area contributed by atoms with Crippen LogP contribution >= 0.6 is 19.4 Å². The van der Waals surface area contributed by atoms with Gasteiger partial charge in [0.05, 0.1) is 22.3 Å². The van der Waals surface area contributed by atoms with Gasteiger partial charge in [-0.1, -0.05) is 29.8 Å². The lowest BCUT2D eigenvalue weighted by molar-refractivity contribution is -0.00564. The SMILES string of the molecule is CC(C)(C)OP(=O)(OCn1cc(C(=O)COc2cc3ccc(Cl)cc3cc2C(N)=O)c2ccc(C3CC3)cc21)OC(C)(C)C. The van der Waals surface area contributed by atoms with Crippen molar-refractivity contribution in [3.05, 3.63) is 76.4 Å². The van der Waals surface area contributed by atoms with E-state index in [1.54, 1.807) is 82.6 Å². The van der Waals surface area contributed by atoms with E-state index in [1.165, 1.54) is 0 Å². The molecule has 0 aliphatic heterocycles. The number of hydrogen-bond acceptors (Lipinski definition) is 7. The molecule has 234 valence electrons. The maximum absolute atomic E-state index is 13.7. The van der Waals surface area contributed by atoms with Gasteiger partial charge in [0.1, 0.15) is 12.5 Å². The van der Waals surface area contributed by atoms with Gasteiger partial charge in [-0.2, -0.15) is 0 Å². The molecule has 1 aliphatic carbocycles. The van der Waals surface area contributed by atoms with E-state index in [9.17, 15) is 14.2 Å². The van der Waals surface area contributed by atoms with E-state index < -0.39 is 24.9 Å². The fourth-order valence-electron chi connectivity index (χ4n) is 4.96. The zero-order chi connectivity index (χ0) is 32.0. The molecule has 1 amide bonds. The number of phosphoric acid groups is 1. The van der Waals surface area contributed by atoms with Crippen molar-refractivity contribution in [1.29, 1.82) is 0 Å². The summed E-state index contributed by atoms with van der Waals surface area (Å²) in [7, 11) is -4.01. The van der Waals surface area contributed by atoms with Crippen LogP contribution in [-0.4, -0.2) is 34.1 Å². The van der Waals surface area contributed by atoms with Crippen LogP contribution in [0.15, 0.2) is 54.7 Å². The maximum atomic E-state index is 13.7. The highest BCUT2D eigenvalue weighted by Crippen LogP contribution is 2.55. The predicted octanol–water partition coefficient (Wildman–Crippen LogP) is 8.40. The number of rotatable bonds is 11. The largest absolute Gasteiger partial charge is 0.485 e. The number of fused-ring (bicyclic) bond motifs is 2. The monoisotopic (exact) mass is 640 g/mol. The van der Waals surface area contributed by atoms with Crippen molar-refractivity contribution in [2.75, 3.05) is 6.61 Å². The van der Waals surface area contributed by atoms with Crippen LogP contribution in [0.5, 0.6) is 5.75 Å². The lowest BCUT2D eigenvalue weighted by Crippen LogP contribution is -2.25. The quantitative estimate of drug-likeness (QED) is 0.129. The minimum atomic E-state index is -4.01. The number of nitrogens with two attached hydrogens (primary N) is 1. The highest BCUT2D eigenvalue weighted by Gasteiger charge is 2.37. The standard InChI is InChI=1S/C33H38ClN2O7P/c1-32(2,3)42-44(39,43-33(4,5)6)41-19-36-17-27(25-12-10-21(15-28(25)36)20-7-8-20)29(37)18-40-30-16-22-9-11-24(34)13-23(22)14-26(30)31(35)38/h9-17,20H,7-8,18-19H2,1-6H3,(H2,35,38). The van der Waals surface area contributed by atoms with E-state index in [-0.39, 0.29) is 30.4 Å². The molecule has 0 atom stereocenters. The van der Waals surface area contributed by atoms with Gasteiger partial charge in [-0.3, -0.25) is 23.2 Å². The number of hydrogen-bond donors (Lipinski definition) is 1. The molecule has 0 saturated heterocycles. The molecular weight excluding hydrogens is 603 g/mol. The van der Waals surface area contributed by atoms with Crippen LogP contribution in [0.4, 0.5) is 0 Å². The molecule has 1 aliphatic rings. The van der Waals surface area contributed by atoms with Crippen molar-refractivity contribution in [3.8, 4) is 5.75 Å². The lowest BCUT2D eigenvalue weighted by atomic mass is 10.0. The molecule has 9 nitrogen and oxygen atoms in total. The van der Waals surface area contributed by atoms with E-state index in [4.69, 9.17) is 35.6 Å². The number of Topliss-reactive ketones (excluding diaryl/α,β-unsaturated/α-hetero) is 1. The molecule has 3 aromatic carbocycles. The number of halogens is 1. The smallest absolute Gasteiger partial charge is 0.477 e. The Morgan fingerprint density at radius 2 is 1.61 bits per heavy atom. The van der Waals surface area contributed by atoms with E-state index in [0.29, 0.717) is 21.9 Å². The van der Waals surface area contributed by atoms with Crippen LogP contribution in [0.1, 0.15) is 86.6 Å². The van der Waals surface area contributed by atoms with Gasteiger partial charge in [0.2, 0.25) is 5.78 Å². The molecule has 0 unspecified atom stereocenters. The third-order valence-electron chi connectivity index (χ3n) is 6.91. The molecule has 44 heavy (non-hydrogen) atoms. The minimum Gasteiger partial charge on any atom is -0.485 e. The maximum Gasteiger partial charge on any atom is 0.477 e. The number of benzene rings is 3. The van der Waals surface area contributed by atoms with Gasteiger partial charge < -0.3 is 15.0 Å². The fourth-order valence-corrected chi connectivity index (χ4v) is 6.90. The number of amides is 1. The number of phosphoric ester groups is 1. The molecule has 0 radical (unpaired) electrons. The number of ether oxygens (including phenoxy) is 1. The minimum absolute atomic E-state index is 0.144. The van der Waals surface area contributed by atoms with E-state index in [2.05, 4.69) is 0 Å². The van der Waals surface area contributed by atoms with Gasteiger partial charge in [0, 0.05) is 22.2 Å². The first-order valence-corrected chi connectivity index (χ1v) is 16.3. The lowest BCUT2D eigenvalue weighted by Gasteiger charge is -2.31. The van der Waals surface area contributed by atoms with E-state index in [0.717, 1.165) is 34.7 Å². The Balaban J connectivity index is 1.45. The van der Waals surface area contributed by atoms with Crippen molar-refractivity contribution in [2.45, 2.75) is 78.2 Å². The molecule has 1 heterocycles. The second-order valence-electron chi connectivity index (χ2n) is 13.1. The third-order valence-corrected chi connectivity index (χ3v) is 9.12. The summed E-state index contributed by atoms with van der Waals surface area (Å²) < 4.78 is 38.8. The van der Waals surface area contributed by atoms with Crippen LogP contribution in [0, 0.1) is 0 Å². The van der Waals surface area contributed by atoms with E-state index in [1.807, 2.05) is 18.2 Å². The summed E-state index contributed by atoms with van der Waals surface area (Å²) in [6, 6.07) is 14.5. The first kappa shape index (κ1) is 32.2. The summed E-state index contributed by atoms with van der Waals surface area (Å²) in [6.07, 6.45) is 3.87. The fraction of sp³-hybridized carbons (Fsp3) is 0.394. The van der Waals surface area contributed by atoms with E-state index >= 15 is 0 Å². The second kappa shape index (κ2) is 12.0. The normalized spacial score (nSPS) is 14.3. The average molecular weight is 641 g/mol. The summed E-state index contributed by atoms with van der Waals surface area (Å²) in [6.45, 7) is 10.1. The second-order valence-corrected chi connectivity index (χ2v) is 15.0. The molecule has 1 fully saturated rings. The number of aromatic nitrogens is 1. The molecule has 1 aromatic heterocycles. The first-order chi connectivity index (χ1) is 20.5. The van der Waals surface area contributed by atoms with Crippen molar-refractivity contribution in [3.63, 3.8) is 0 Å². The predicted molar refractivity (Wildman–Crippen MR) is 172 cm³/mol. The number of ketones is 1. The molecule has 0 spiro atoms. The van der Waals surface area contributed by atoms with Gasteiger partial charge >= 0.3 is 7.82 Å². The van der Waals surface area contributed by atoms with Gasteiger partial charge in [0.25, 0.3) is 5.91 Å². The summed E-state index contributed by atoms with van der Waals surface area (Å²) >= 11 is 6.11. The Hall–Kier alpha value is -3.20.